The number of thiocarbonyl (C=S) groups is 1. The van der Waals surface area contributed by atoms with Gasteiger partial charge in [-0.2, -0.15) is 4.31 Å². The molecule has 1 aromatic carbocycles. The molecule has 150 valence electrons. The normalized spacial score (nSPS) is 15.7. The Morgan fingerprint density at radius 1 is 1.07 bits per heavy atom. The first-order valence-electron chi connectivity index (χ1n) is 9.64. The number of nitrogens with zero attached hydrogens (tertiary/aromatic N) is 1. The van der Waals surface area contributed by atoms with E-state index in [9.17, 15) is 13.2 Å². The van der Waals surface area contributed by atoms with Crippen molar-refractivity contribution < 1.29 is 13.2 Å². The van der Waals surface area contributed by atoms with Crippen molar-refractivity contribution in [3.63, 3.8) is 0 Å². The molecule has 0 bridgehead atoms. The van der Waals surface area contributed by atoms with Crippen LogP contribution in [0.2, 0.25) is 0 Å². The van der Waals surface area contributed by atoms with Crippen LogP contribution < -0.4 is 10.6 Å². The third kappa shape index (κ3) is 6.86. The van der Waals surface area contributed by atoms with Crippen LogP contribution in [0.4, 0.5) is 5.69 Å². The molecule has 0 aliphatic carbocycles. The zero-order valence-corrected chi connectivity index (χ0v) is 17.5. The van der Waals surface area contributed by atoms with Crippen LogP contribution in [0.5, 0.6) is 0 Å². The lowest BCUT2D eigenvalue weighted by molar-refractivity contribution is -0.119. The Bertz CT molecular complexity index is 725. The van der Waals surface area contributed by atoms with E-state index in [1.165, 1.54) is 0 Å². The van der Waals surface area contributed by atoms with E-state index < -0.39 is 10.0 Å². The van der Waals surface area contributed by atoms with Gasteiger partial charge in [-0.25, -0.2) is 8.42 Å². The van der Waals surface area contributed by atoms with Crippen LogP contribution in [0.1, 0.15) is 58.3 Å². The van der Waals surface area contributed by atoms with E-state index >= 15 is 0 Å². The van der Waals surface area contributed by atoms with Gasteiger partial charge in [0.15, 0.2) is 5.11 Å². The predicted octanol–water partition coefficient (Wildman–Crippen LogP) is 3.64. The van der Waals surface area contributed by atoms with Crippen molar-refractivity contribution in [2.75, 3.05) is 18.4 Å². The molecule has 1 saturated heterocycles. The summed E-state index contributed by atoms with van der Waals surface area (Å²) in [6.45, 7) is 3.24. The number of hydrogen-bond donors (Lipinski definition) is 2. The Morgan fingerprint density at radius 2 is 1.70 bits per heavy atom. The maximum atomic E-state index is 12.8. The third-order valence-electron chi connectivity index (χ3n) is 4.58. The number of anilines is 1. The second kappa shape index (κ2) is 10.7. The summed E-state index contributed by atoms with van der Waals surface area (Å²) in [6, 6.07) is 6.49. The third-order valence-corrected chi connectivity index (χ3v) is 6.69. The number of carbonyl (C=O) groups excluding carboxylic acids is 1. The minimum atomic E-state index is -3.46. The van der Waals surface area contributed by atoms with E-state index in [1.54, 1.807) is 28.6 Å². The first-order chi connectivity index (χ1) is 12.9. The number of hydrogen-bond acceptors (Lipinski definition) is 4. The van der Waals surface area contributed by atoms with E-state index in [0.717, 1.165) is 44.9 Å². The van der Waals surface area contributed by atoms with Gasteiger partial charge in [0.05, 0.1) is 4.90 Å². The zero-order valence-electron chi connectivity index (χ0n) is 15.9. The number of unbranched alkanes of at least 4 members (excludes halogenated alkanes) is 2. The van der Waals surface area contributed by atoms with Crippen LogP contribution in [0.3, 0.4) is 0 Å². The van der Waals surface area contributed by atoms with Gasteiger partial charge in [-0.1, -0.05) is 32.6 Å². The Morgan fingerprint density at radius 3 is 2.30 bits per heavy atom. The number of amides is 1. The average Bonchev–Trinajstić information content (AvgIpc) is 2.92. The van der Waals surface area contributed by atoms with Crippen molar-refractivity contribution in [2.24, 2.45) is 0 Å². The molecule has 6 nitrogen and oxygen atoms in total. The topological polar surface area (TPSA) is 78.5 Å². The van der Waals surface area contributed by atoms with Crippen LogP contribution in [-0.2, 0) is 14.8 Å². The minimum Gasteiger partial charge on any atom is -0.332 e. The Labute approximate surface area is 167 Å². The molecule has 1 aliphatic heterocycles. The van der Waals surface area contributed by atoms with Gasteiger partial charge in [0.1, 0.15) is 0 Å². The quantitative estimate of drug-likeness (QED) is 0.529. The molecule has 2 N–H and O–H groups in total. The minimum absolute atomic E-state index is 0.110. The molecule has 0 unspecified atom stereocenters. The molecule has 1 amide bonds. The number of rotatable bonds is 7. The maximum Gasteiger partial charge on any atom is 0.243 e. The van der Waals surface area contributed by atoms with Crippen molar-refractivity contribution in [3.8, 4) is 0 Å². The highest BCUT2D eigenvalue weighted by Gasteiger charge is 2.24. The van der Waals surface area contributed by atoms with Crippen LogP contribution in [0, 0.1) is 0 Å². The van der Waals surface area contributed by atoms with Crippen molar-refractivity contribution >= 4 is 38.9 Å². The van der Waals surface area contributed by atoms with Gasteiger partial charge in [-0.3, -0.25) is 4.79 Å². The summed E-state index contributed by atoms with van der Waals surface area (Å²) < 4.78 is 27.1. The van der Waals surface area contributed by atoms with Gasteiger partial charge in [-0.05, 0) is 55.7 Å². The molecule has 0 aromatic heterocycles. The maximum absolute atomic E-state index is 12.8. The van der Waals surface area contributed by atoms with Gasteiger partial charge in [0, 0.05) is 25.2 Å². The van der Waals surface area contributed by atoms with Gasteiger partial charge in [0.2, 0.25) is 15.9 Å². The Balaban J connectivity index is 1.92. The van der Waals surface area contributed by atoms with E-state index in [2.05, 4.69) is 17.6 Å². The molecule has 1 heterocycles. The monoisotopic (exact) mass is 411 g/mol. The fourth-order valence-electron chi connectivity index (χ4n) is 3.03. The Hall–Kier alpha value is -1.51. The fraction of sp³-hybridized carbons (Fsp3) is 0.579. The second-order valence-corrected chi connectivity index (χ2v) is 9.15. The Kier molecular flexibility index (Phi) is 8.66. The summed E-state index contributed by atoms with van der Waals surface area (Å²) >= 11 is 5.15. The lowest BCUT2D eigenvalue weighted by Gasteiger charge is -2.20. The van der Waals surface area contributed by atoms with Crippen LogP contribution in [0.15, 0.2) is 29.2 Å². The fourth-order valence-corrected chi connectivity index (χ4v) is 4.78. The van der Waals surface area contributed by atoms with Crippen molar-refractivity contribution in [2.45, 2.75) is 63.2 Å². The van der Waals surface area contributed by atoms with E-state index in [0.29, 0.717) is 25.2 Å². The summed E-state index contributed by atoms with van der Waals surface area (Å²) in [5.41, 5.74) is 0.642. The number of carbonyl (C=O) groups is 1. The van der Waals surface area contributed by atoms with Gasteiger partial charge in [0.25, 0.3) is 0 Å². The van der Waals surface area contributed by atoms with E-state index in [-0.39, 0.29) is 15.9 Å². The number of sulfonamides is 1. The molecule has 8 heteroatoms. The molecule has 0 radical (unpaired) electrons. The largest absolute Gasteiger partial charge is 0.332 e. The highest BCUT2D eigenvalue weighted by molar-refractivity contribution is 7.89. The van der Waals surface area contributed by atoms with Crippen LogP contribution in [0.25, 0.3) is 0 Å². The zero-order chi connectivity index (χ0) is 19.7. The SMILES string of the molecule is CCCCCC(=O)NC(=S)Nc1ccc(S(=O)(=O)N2CCCCCC2)cc1. The average molecular weight is 412 g/mol. The highest BCUT2D eigenvalue weighted by Crippen LogP contribution is 2.21. The highest BCUT2D eigenvalue weighted by atomic mass is 32.2. The first-order valence-corrected chi connectivity index (χ1v) is 11.5. The van der Waals surface area contributed by atoms with Crippen molar-refractivity contribution in [3.05, 3.63) is 24.3 Å². The first kappa shape index (κ1) is 21.8. The molecule has 0 saturated carbocycles. The smallest absolute Gasteiger partial charge is 0.243 e. The lowest BCUT2D eigenvalue weighted by atomic mass is 10.2. The van der Waals surface area contributed by atoms with Gasteiger partial charge < -0.3 is 10.6 Å². The van der Waals surface area contributed by atoms with E-state index in [4.69, 9.17) is 12.2 Å². The molecule has 0 spiro atoms. The number of nitrogens with one attached hydrogen (secondary N) is 2. The molecule has 1 aliphatic rings. The molecular formula is C19H29N3O3S2. The van der Waals surface area contributed by atoms with E-state index in [1.807, 2.05) is 0 Å². The van der Waals surface area contributed by atoms with Crippen LogP contribution >= 0.6 is 12.2 Å². The summed E-state index contributed by atoms with van der Waals surface area (Å²) in [5.74, 6) is -0.110. The summed E-state index contributed by atoms with van der Waals surface area (Å²) in [7, 11) is -3.46. The van der Waals surface area contributed by atoms with Crippen LogP contribution in [-0.4, -0.2) is 36.8 Å². The summed E-state index contributed by atoms with van der Waals surface area (Å²) in [6.07, 6.45) is 7.34. The van der Waals surface area contributed by atoms with Crippen molar-refractivity contribution in [1.29, 1.82) is 0 Å². The molecule has 27 heavy (non-hydrogen) atoms. The molecule has 1 aromatic rings. The standard InChI is InChI=1S/C19H29N3O3S2/c1-2-3-6-9-18(23)21-19(26)20-16-10-12-17(13-11-16)27(24,25)22-14-7-4-5-8-15-22/h10-13H,2-9,14-15H2,1H3,(H2,20,21,23,26). The van der Waals surface area contributed by atoms with Gasteiger partial charge >= 0.3 is 0 Å². The molecular weight excluding hydrogens is 382 g/mol. The van der Waals surface area contributed by atoms with Gasteiger partial charge in [-0.15, -0.1) is 0 Å². The predicted molar refractivity (Wildman–Crippen MR) is 112 cm³/mol. The molecule has 0 atom stereocenters. The lowest BCUT2D eigenvalue weighted by Crippen LogP contribution is -2.34. The molecule has 2 rings (SSSR count). The number of benzene rings is 1. The summed E-state index contributed by atoms with van der Waals surface area (Å²) in [5, 5.41) is 5.79. The molecule has 1 fully saturated rings. The van der Waals surface area contributed by atoms with Crippen molar-refractivity contribution in [1.82, 2.24) is 9.62 Å². The second-order valence-electron chi connectivity index (χ2n) is 6.80. The summed E-state index contributed by atoms with van der Waals surface area (Å²) in [4.78, 5) is 12.1.